The van der Waals surface area contributed by atoms with Crippen LogP contribution in [-0.4, -0.2) is 41.6 Å². The van der Waals surface area contributed by atoms with E-state index in [1.807, 2.05) is 55.3 Å². The lowest BCUT2D eigenvalue weighted by Gasteiger charge is -2.29. The first-order chi connectivity index (χ1) is 12.2. The minimum Gasteiger partial charge on any atom is -0.376 e. The van der Waals surface area contributed by atoms with Gasteiger partial charge < -0.3 is 9.64 Å². The van der Waals surface area contributed by atoms with Crippen LogP contribution in [0, 0.1) is 6.92 Å². The number of amides is 1. The van der Waals surface area contributed by atoms with Crippen LogP contribution in [0.15, 0.2) is 42.7 Å². The molecule has 1 fully saturated rings. The van der Waals surface area contributed by atoms with Gasteiger partial charge in [0.25, 0.3) is 5.91 Å². The third-order valence-electron chi connectivity index (χ3n) is 4.83. The quantitative estimate of drug-likeness (QED) is 0.825. The molecule has 2 heterocycles. The van der Waals surface area contributed by atoms with E-state index in [0.717, 1.165) is 41.7 Å². The molecule has 1 aromatic carbocycles. The number of benzene rings is 1. The molecule has 3 rings (SSSR count). The first-order valence-electron chi connectivity index (χ1n) is 9.11. The number of hydrogen-bond donors (Lipinski definition) is 0. The van der Waals surface area contributed by atoms with Crippen molar-refractivity contribution in [3.05, 3.63) is 53.9 Å². The van der Waals surface area contributed by atoms with E-state index >= 15 is 0 Å². The van der Waals surface area contributed by atoms with E-state index in [4.69, 9.17) is 4.74 Å². The highest BCUT2D eigenvalue weighted by atomic mass is 16.5. The van der Waals surface area contributed by atoms with E-state index in [-0.39, 0.29) is 12.0 Å². The standard InChI is InChI=1S/C21H26N2O2/c1-3-23(15-19-6-4-5-13-25-19)21(24)18-9-7-17(8-10-18)20-11-12-22-14-16(20)2/h7-12,14,19H,3-6,13,15H2,1-2H3. The van der Waals surface area contributed by atoms with E-state index in [9.17, 15) is 4.79 Å². The molecule has 25 heavy (non-hydrogen) atoms. The second kappa shape index (κ2) is 8.26. The van der Waals surface area contributed by atoms with Crippen molar-refractivity contribution < 1.29 is 9.53 Å². The summed E-state index contributed by atoms with van der Waals surface area (Å²) in [5.41, 5.74) is 4.12. The van der Waals surface area contributed by atoms with Crippen LogP contribution in [0.25, 0.3) is 11.1 Å². The number of aryl methyl sites for hydroxylation is 1. The molecule has 0 spiro atoms. The average molecular weight is 338 g/mol. The summed E-state index contributed by atoms with van der Waals surface area (Å²) in [4.78, 5) is 18.8. The van der Waals surface area contributed by atoms with Crippen LogP contribution in [0.1, 0.15) is 42.1 Å². The highest BCUT2D eigenvalue weighted by molar-refractivity contribution is 5.94. The van der Waals surface area contributed by atoms with Crippen LogP contribution >= 0.6 is 0 Å². The van der Waals surface area contributed by atoms with Gasteiger partial charge in [-0.3, -0.25) is 9.78 Å². The second-order valence-electron chi connectivity index (χ2n) is 6.60. The maximum atomic E-state index is 12.8. The SMILES string of the molecule is CCN(CC1CCCCO1)C(=O)c1ccc(-c2ccncc2C)cc1. The summed E-state index contributed by atoms with van der Waals surface area (Å²) in [6, 6.07) is 9.87. The van der Waals surface area contributed by atoms with E-state index in [1.54, 1.807) is 6.20 Å². The summed E-state index contributed by atoms with van der Waals surface area (Å²) >= 11 is 0. The van der Waals surface area contributed by atoms with Crippen LogP contribution in [0.4, 0.5) is 0 Å². The number of rotatable bonds is 5. The molecule has 0 bridgehead atoms. The molecule has 2 aromatic rings. The van der Waals surface area contributed by atoms with E-state index in [2.05, 4.69) is 4.98 Å². The van der Waals surface area contributed by atoms with Crippen LogP contribution < -0.4 is 0 Å². The number of aromatic nitrogens is 1. The monoisotopic (exact) mass is 338 g/mol. The van der Waals surface area contributed by atoms with Crippen molar-refractivity contribution in [1.29, 1.82) is 0 Å². The van der Waals surface area contributed by atoms with Gasteiger partial charge >= 0.3 is 0 Å². The third-order valence-corrected chi connectivity index (χ3v) is 4.83. The summed E-state index contributed by atoms with van der Waals surface area (Å²) in [6.45, 7) is 6.26. The molecule has 0 N–H and O–H groups in total. The number of nitrogens with zero attached hydrogens (tertiary/aromatic N) is 2. The lowest BCUT2D eigenvalue weighted by molar-refractivity contribution is -0.00311. The van der Waals surface area contributed by atoms with Gasteiger partial charge in [-0.25, -0.2) is 0 Å². The molecule has 0 saturated carbocycles. The van der Waals surface area contributed by atoms with Crippen molar-refractivity contribution in [2.24, 2.45) is 0 Å². The van der Waals surface area contributed by atoms with E-state index < -0.39 is 0 Å². The van der Waals surface area contributed by atoms with Crippen molar-refractivity contribution in [3.63, 3.8) is 0 Å². The second-order valence-corrected chi connectivity index (χ2v) is 6.60. The van der Waals surface area contributed by atoms with E-state index in [0.29, 0.717) is 13.1 Å². The van der Waals surface area contributed by atoms with Gasteiger partial charge in [0.2, 0.25) is 0 Å². The lowest BCUT2D eigenvalue weighted by Crippen LogP contribution is -2.39. The Morgan fingerprint density at radius 1 is 1.24 bits per heavy atom. The Labute approximate surface area is 149 Å². The Morgan fingerprint density at radius 2 is 2.04 bits per heavy atom. The molecule has 4 nitrogen and oxygen atoms in total. The molecule has 1 unspecified atom stereocenters. The largest absolute Gasteiger partial charge is 0.376 e. The fraction of sp³-hybridized carbons (Fsp3) is 0.429. The Kier molecular flexibility index (Phi) is 5.82. The summed E-state index contributed by atoms with van der Waals surface area (Å²) in [6.07, 6.45) is 7.20. The number of hydrogen-bond acceptors (Lipinski definition) is 3. The molecule has 1 aliphatic rings. The zero-order chi connectivity index (χ0) is 17.6. The predicted molar refractivity (Wildman–Crippen MR) is 99.6 cm³/mol. The Balaban J connectivity index is 1.71. The smallest absolute Gasteiger partial charge is 0.253 e. The fourth-order valence-electron chi connectivity index (χ4n) is 3.33. The Bertz CT molecular complexity index is 706. The van der Waals surface area contributed by atoms with Crippen molar-refractivity contribution in [2.45, 2.75) is 39.2 Å². The van der Waals surface area contributed by atoms with Gasteiger partial charge in [-0.05, 0) is 68.0 Å². The normalized spacial score (nSPS) is 17.3. The fourth-order valence-corrected chi connectivity index (χ4v) is 3.33. The number of likely N-dealkylation sites (N-methyl/N-ethyl adjacent to an activating group) is 1. The maximum Gasteiger partial charge on any atom is 0.253 e. The average Bonchev–Trinajstić information content (AvgIpc) is 2.67. The van der Waals surface area contributed by atoms with Crippen LogP contribution in [0.2, 0.25) is 0 Å². The molecule has 4 heteroatoms. The summed E-state index contributed by atoms with van der Waals surface area (Å²) in [7, 11) is 0. The van der Waals surface area contributed by atoms with Gasteiger partial charge in [0.1, 0.15) is 0 Å². The number of pyridine rings is 1. The summed E-state index contributed by atoms with van der Waals surface area (Å²) < 4.78 is 5.79. The molecule has 0 aliphatic carbocycles. The van der Waals surface area contributed by atoms with Crippen molar-refractivity contribution in [1.82, 2.24) is 9.88 Å². The lowest BCUT2D eigenvalue weighted by atomic mass is 10.0. The van der Waals surface area contributed by atoms with Crippen molar-refractivity contribution in [3.8, 4) is 11.1 Å². The molecule has 1 aliphatic heterocycles. The Morgan fingerprint density at radius 3 is 2.68 bits per heavy atom. The van der Waals surface area contributed by atoms with Crippen molar-refractivity contribution >= 4 is 5.91 Å². The highest BCUT2D eigenvalue weighted by Crippen LogP contribution is 2.23. The maximum absolute atomic E-state index is 12.8. The van der Waals surface area contributed by atoms with Gasteiger partial charge in [-0.15, -0.1) is 0 Å². The molecule has 1 aromatic heterocycles. The zero-order valence-corrected chi connectivity index (χ0v) is 15.1. The Hall–Kier alpha value is -2.20. The minimum atomic E-state index is 0.0784. The van der Waals surface area contributed by atoms with Crippen LogP contribution in [0.5, 0.6) is 0 Å². The minimum absolute atomic E-state index is 0.0784. The van der Waals surface area contributed by atoms with Crippen LogP contribution in [0.3, 0.4) is 0 Å². The van der Waals surface area contributed by atoms with Gasteiger partial charge in [0, 0.05) is 37.7 Å². The number of carbonyl (C=O) groups excluding carboxylic acids is 1. The molecule has 1 atom stereocenters. The predicted octanol–water partition coefficient (Wildman–Crippen LogP) is 4.09. The van der Waals surface area contributed by atoms with Gasteiger partial charge in [0.05, 0.1) is 6.10 Å². The molecule has 1 saturated heterocycles. The summed E-state index contributed by atoms with van der Waals surface area (Å²) in [5.74, 6) is 0.0784. The number of carbonyl (C=O) groups is 1. The first kappa shape index (κ1) is 17.6. The molecule has 0 radical (unpaired) electrons. The van der Waals surface area contributed by atoms with Gasteiger partial charge in [-0.2, -0.15) is 0 Å². The summed E-state index contributed by atoms with van der Waals surface area (Å²) in [5, 5.41) is 0. The van der Waals surface area contributed by atoms with Gasteiger partial charge in [0.15, 0.2) is 0 Å². The molecular weight excluding hydrogens is 312 g/mol. The first-order valence-corrected chi connectivity index (χ1v) is 9.11. The van der Waals surface area contributed by atoms with Crippen LogP contribution in [-0.2, 0) is 4.74 Å². The molecule has 132 valence electrons. The third kappa shape index (κ3) is 4.26. The highest BCUT2D eigenvalue weighted by Gasteiger charge is 2.21. The number of ether oxygens (including phenoxy) is 1. The molecular formula is C21H26N2O2. The zero-order valence-electron chi connectivity index (χ0n) is 15.1. The van der Waals surface area contributed by atoms with Gasteiger partial charge in [-0.1, -0.05) is 12.1 Å². The van der Waals surface area contributed by atoms with E-state index in [1.165, 1.54) is 6.42 Å². The van der Waals surface area contributed by atoms with Crippen molar-refractivity contribution in [2.75, 3.05) is 19.7 Å². The molecule has 1 amide bonds. The topological polar surface area (TPSA) is 42.4 Å².